The van der Waals surface area contributed by atoms with Crippen LogP contribution >= 0.6 is 23.4 Å². The summed E-state index contributed by atoms with van der Waals surface area (Å²) < 4.78 is 1.62. The second kappa shape index (κ2) is 10.2. The van der Waals surface area contributed by atoms with Crippen LogP contribution in [0.25, 0.3) is 11.2 Å². The predicted molar refractivity (Wildman–Crippen MR) is 136 cm³/mol. The first-order valence-electron chi connectivity index (χ1n) is 12.2. The van der Waals surface area contributed by atoms with Gasteiger partial charge >= 0.3 is 0 Å². The summed E-state index contributed by atoms with van der Waals surface area (Å²) in [6.45, 7) is 4.06. The van der Waals surface area contributed by atoms with Crippen molar-refractivity contribution in [3.63, 3.8) is 0 Å². The number of thioether (sulfide) groups is 1. The molecule has 4 N–H and O–H groups in total. The van der Waals surface area contributed by atoms with Gasteiger partial charge in [-0.15, -0.1) is 5.10 Å². The number of nitrogens with zero attached hydrogens (tertiary/aromatic N) is 5. The summed E-state index contributed by atoms with van der Waals surface area (Å²) in [7, 11) is 0. The molecule has 9 nitrogen and oxygen atoms in total. The number of aromatic nitrogens is 5. The standard InChI is InChI=1S/C24H31ClN6O3S/c1-3-8-35-24-27-22(26-17-11-15(17)13-5-4-12(2)16(25)9-13)19-23(28-24)31(30-29-19)18-10-14(6-7-32)20(33)21(18)34/h4-5,9,14-15,17-18,20-21,32-34H,3,6-8,10-11H2,1-2H3,(H,26,27,28). The third-order valence-electron chi connectivity index (χ3n) is 7.06. The van der Waals surface area contributed by atoms with Crippen LogP contribution in [0.1, 0.15) is 55.7 Å². The molecule has 5 rings (SSSR count). The van der Waals surface area contributed by atoms with E-state index in [1.54, 1.807) is 16.4 Å². The largest absolute Gasteiger partial charge is 0.396 e. The van der Waals surface area contributed by atoms with Crippen LogP contribution in [-0.2, 0) is 0 Å². The Morgan fingerprint density at radius 1 is 1.20 bits per heavy atom. The van der Waals surface area contributed by atoms with Crippen molar-refractivity contribution in [3.05, 3.63) is 34.3 Å². The number of hydrogen-bond acceptors (Lipinski definition) is 9. The summed E-state index contributed by atoms with van der Waals surface area (Å²) >= 11 is 7.91. The molecular weight excluding hydrogens is 488 g/mol. The minimum absolute atomic E-state index is 0.0396. The summed E-state index contributed by atoms with van der Waals surface area (Å²) in [5.74, 6) is 1.64. The Labute approximate surface area is 213 Å². The van der Waals surface area contributed by atoms with Crippen molar-refractivity contribution < 1.29 is 15.3 Å². The molecule has 0 radical (unpaired) electrons. The van der Waals surface area contributed by atoms with Gasteiger partial charge in [-0.05, 0) is 55.7 Å². The molecule has 0 saturated heterocycles. The van der Waals surface area contributed by atoms with Crippen molar-refractivity contribution in [2.45, 2.75) is 74.9 Å². The Kier molecular flexibility index (Phi) is 7.18. The van der Waals surface area contributed by atoms with Gasteiger partial charge in [-0.25, -0.2) is 14.6 Å². The quantitative estimate of drug-likeness (QED) is 0.249. The zero-order valence-corrected chi connectivity index (χ0v) is 21.4. The van der Waals surface area contributed by atoms with Crippen molar-refractivity contribution >= 4 is 40.3 Å². The van der Waals surface area contributed by atoms with E-state index in [0.717, 1.165) is 29.2 Å². The van der Waals surface area contributed by atoms with Gasteiger partial charge < -0.3 is 20.6 Å². The summed E-state index contributed by atoms with van der Waals surface area (Å²) in [4.78, 5) is 9.48. The number of anilines is 1. The highest BCUT2D eigenvalue weighted by Gasteiger charge is 2.44. The fourth-order valence-corrected chi connectivity index (χ4v) is 5.81. The molecule has 1 aromatic carbocycles. The van der Waals surface area contributed by atoms with Gasteiger partial charge in [-0.3, -0.25) is 0 Å². The Balaban J connectivity index is 1.44. The highest BCUT2D eigenvalue weighted by Crippen LogP contribution is 2.44. The highest BCUT2D eigenvalue weighted by molar-refractivity contribution is 7.99. The van der Waals surface area contributed by atoms with Gasteiger partial charge in [-0.1, -0.05) is 47.6 Å². The fourth-order valence-electron chi connectivity index (χ4n) is 4.92. The van der Waals surface area contributed by atoms with E-state index in [0.29, 0.717) is 40.9 Å². The molecule has 2 aliphatic rings. The lowest BCUT2D eigenvalue weighted by molar-refractivity contribution is 0.00107. The van der Waals surface area contributed by atoms with Gasteiger partial charge in [0.1, 0.15) is 6.10 Å². The Morgan fingerprint density at radius 2 is 2.03 bits per heavy atom. The van der Waals surface area contributed by atoms with Crippen molar-refractivity contribution in [2.75, 3.05) is 17.7 Å². The first-order chi connectivity index (χ1) is 16.9. The average Bonchev–Trinajstić information content (AvgIpc) is 3.39. The topological polar surface area (TPSA) is 129 Å². The molecule has 0 aliphatic heterocycles. The number of nitrogens with one attached hydrogen (secondary N) is 1. The Morgan fingerprint density at radius 3 is 2.77 bits per heavy atom. The van der Waals surface area contributed by atoms with E-state index in [2.05, 4.69) is 28.6 Å². The van der Waals surface area contributed by atoms with Crippen LogP contribution in [0, 0.1) is 12.8 Å². The Bertz CT molecular complexity index is 1210. The first kappa shape index (κ1) is 24.7. The maximum Gasteiger partial charge on any atom is 0.191 e. The number of benzene rings is 1. The lowest BCUT2D eigenvalue weighted by Crippen LogP contribution is -2.30. The SMILES string of the molecule is CCCSc1nc(NC2CC2c2ccc(C)c(Cl)c2)c2nnn(C3CC(CCO)C(O)C3O)c2n1. The molecule has 2 aromatic heterocycles. The van der Waals surface area contributed by atoms with E-state index in [4.69, 9.17) is 21.6 Å². The molecule has 2 fully saturated rings. The Hall–Kier alpha value is -1.98. The number of hydrogen-bond donors (Lipinski definition) is 4. The minimum atomic E-state index is -1.01. The van der Waals surface area contributed by atoms with E-state index >= 15 is 0 Å². The molecule has 0 spiro atoms. The lowest BCUT2D eigenvalue weighted by atomic mass is 10.0. The number of halogens is 1. The molecule has 2 saturated carbocycles. The van der Waals surface area contributed by atoms with Crippen LogP contribution in [0.15, 0.2) is 23.4 Å². The van der Waals surface area contributed by atoms with E-state index in [9.17, 15) is 15.3 Å². The molecule has 0 amide bonds. The fraction of sp³-hybridized carbons (Fsp3) is 0.583. The molecule has 2 aliphatic carbocycles. The van der Waals surface area contributed by atoms with E-state index in [1.165, 1.54) is 5.56 Å². The van der Waals surface area contributed by atoms with E-state index in [1.807, 2.05) is 19.1 Å². The van der Waals surface area contributed by atoms with Gasteiger partial charge in [0.2, 0.25) is 0 Å². The number of aliphatic hydroxyl groups excluding tert-OH is 3. The first-order valence-corrected chi connectivity index (χ1v) is 13.5. The van der Waals surface area contributed by atoms with Crippen LogP contribution in [0.5, 0.6) is 0 Å². The van der Waals surface area contributed by atoms with Crippen molar-refractivity contribution in [1.29, 1.82) is 0 Å². The average molecular weight is 519 g/mol. The molecule has 11 heteroatoms. The van der Waals surface area contributed by atoms with Gasteiger partial charge in [-0.2, -0.15) is 0 Å². The van der Waals surface area contributed by atoms with Crippen LogP contribution < -0.4 is 5.32 Å². The second-order valence-electron chi connectivity index (χ2n) is 9.57. The van der Waals surface area contributed by atoms with Gasteiger partial charge in [0.25, 0.3) is 0 Å². The van der Waals surface area contributed by atoms with Crippen molar-refractivity contribution in [2.24, 2.45) is 5.92 Å². The minimum Gasteiger partial charge on any atom is -0.396 e. The molecule has 0 bridgehead atoms. The third kappa shape index (κ3) is 4.86. The van der Waals surface area contributed by atoms with Crippen molar-refractivity contribution in [1.82, 2.24) is 25.0 Å². The van der Waals surface area contributed by atoms with Crippen LogP contribution in [0.4, 0.5) is 5.82 Å². The monoisotopic (exact) mass is 518 g/mol. The molecule has 188 valence electrons. The maximum atomic E-state index is 10.7. The summed E-state index contributed by atoms with van der Waals surface area (Å²) in [6.07, 6.45) is 0.938. The van der Waals surface area contributed by atoms with Gasteiger partial charge in [0.05, 0.1) is 12.1 Å². The lowest BCUT2D eigenvalue weighted by Gasteiger charge is -2.17. The molecule has 35 heavy (non-hydrogen) atoms. The molecule has 6 atom stereocenters. The molecule has 6 unspecified atom stereocenters. The number of fused-ring (bicyclic) bond motifs is 1. The van der Waals surface area contributed by atoms with Crippen molar-refractivity contribution in [3.8, 4) is 0 Å². The number of aliphatic hydroxyl groups is 3. The normalized spacial score (nSPS) is 28.1. The van der Waals surface area contributed by atoms with E-state index in [-0.39, 0.29) is 18.6 Å². The molecule has 2 heterocycles. The van der Waals surface area contributed by atoms with Gasteiger partial charge in [0.15, 0.2) is 22.1 Å². The summed E-state index contributed by atoms with van der Waals surface area (Å²) in [6, 6.07) is 5.94. The zero-order chi connectivity index (χ0) is 24.7. The highest BCUT2D eigenvalue weighted by atomic mass is 35.5. The number of aryl methyl sites for hydroxylation is 1. The molecular formula is C24H31ClN6O3S. The predicted octanol–water partition coefficient (Wildman–Crippen LogP) is 3.32. The third-order valence-corrected chi connectivity index (χ3v) is 8.52. The van der Waals surface area contributed by atoms with Crippen LogP contribution in [0.2, 0.25) is 5.02 Å². The summed E-state index contributed by atoms with van der Waals surface area (Å²) in [5, 5.41) is 44.2. The van der Waals surface area contributed by atoms with Crippen LogP contribution in [-0.4, -0.2) is 70.9 Å². The molecule has 3 aromatic rings. The van der Waals surface area contributed by atoms with E-state index < -0.39 is 18.2 Å². The summed E-state index contributed by atoms with van der Waals surface area (Å²) in [5.41, 5.74) is 3.35. The number of rotatable bonds is 9. The smallest absolute Gasteiger partial charge is 0.191 e. The second-order valence-corrected chi connectivity index (χ2v) is 11.0. The zero-order valence-electron chi connectivity index (χ0n) is 19.8. The van der Waals surface area contributed by atoms with Crippen LogP contribution in [0.3, 0.4) is 0 Å². The van der Waals surface area contributed by atoms with Gasteiger partial charge in [0, 0.05) is 29.3 Å². The maximum absolute atomic E-state index is 10.7.